The van der Waals surface area contributed by atoms with E-state index in [0.29, 0.717) is 6.10 Å². The van der Waals surface area contributed by atoms with E-state index in [9.17, 15) is 0 Å². The molecule has 24 heavy (non-hydrogen) atoms. The zero-order valence-electron chi connectivity index (χ0n) is 15.4. The number of nitrogens with one attached hydrogen (secondary N) is 2. The van der Waals surface area contributed by atoms with Crippen LogP contribution in [0.1, 0.15) is 45.4 Å². The van der Waals surface area contributed by atoms with Crippen molar-refractivity contribution in [3.8, 4) is 0 Å². The van der Waals surface area contributed by atoms with Crippen LogP contribution in [0.25, 0.3) is 0 Å². The third kappa shape index (κ3) is 8.31. The van der Waals surface area contributed by atoms with Crippen molar-refractivity contribution < 1.29 is 9.47 Å². The van der Waals surface area contributed by atoms with E-state index in [1.807, 2.05) is 0 Å². The van der Waals surface area contributed by atoms with Crippen LogP contribution in [0.15, 0.2) is 4.99 Å². The summed E-state index contributed by atoms with van der Waals surface area (Å²) in [5.74, 6) is 0.898. The van der Waals surface area contributed by atoms with E-state index in [4.69, 9.17) is 9.47 Å². The summed E-state index contributed by atoms with van der Waals surface area (Å²) in [6.07, 6.45) is 8.32. The molecule has 1 heterocycles. The Morgan fingerprint density at radius 1 is 1.12 bits per heavy atom. The van der Waals surface area contributed by atoms with E-state index >= 15 is 0 Å². The quantitative estimate of drug-likeness (QED) is 0.304. The lowest BCUT2D eigenvalue weighted by Crippen LogP contribution is -2.41. The average Bonchev–Trinajstić information content (AvgIpc) is 2.88. The van der Waals surface area contributed by atoms with Crippen LogP contribution in [-0.2, 0) is 9.47 Å². The SMILES string of the molecule is CCNC(=NCCN1CCOCC1)NCCOC1CCCCCC1. The van der Waals surface area contributed by atoms with E-state index < -0.39 is 0 Å². The fraction of sp³-hybridized carbons (Fsp3) is 0.944. The van der Waals surface area contributed by atoms with Crippen LogP contribution >= 0.6 is 0 Å². The van der Waals surface area contributed by atoms with Gasteiger partial charge in [0, 0.05) is 32.7 Å². The van der Waals surface area contributed by atoms with Crippen LogP contribution in [0.5, 0.6) is 0 Å². The summed E-state index contributed by atoms with van der Waals surface area (Å²) < 4.78 is 11.4. The third-order valence-electron chi connectivity index (χ3n) is 4.68. The topological polar surface area (TPSA) is 58.1 Å². The summed E-state index contributed by atoms with van der Waals surface area (Å²) in [6, 6.07) is 0. The van der Waals surface area contributed by atoms with Gasteiger partial charge in [0.2, 0.25) is 0 Å². The molecule has 140 valence electrons. The van der Waals surface area contributed by atoms with Gasteiger partial charge in [-0.1, -0.05) is 25.7 Å². The van der Waals surface area contributed by atoms with Crippen molar-refractivity contribution in [1.82, 2.24) is 15.5 Å². The fourth-order valence-electron chi connectivity index (χ4n) is 3.27. The number of rotatable bonds is 8. The molecular weight excluding hydrogens is 304 g/mol. The second-order valence-corrected chi connectivity index (χ2v) is 6.63. The number of aliphatic imine (C=N–C) groups is 1. The first-order valence-corrected chi connectivity index (χ1v) is 9.82. The van der Waals surface area contributed by atoms with Crippen molar-refractivity contribution in [3.05, 3.63) is 0 Å². The highest BCUT2D eigenvalue weighted by atomic mass is 16.5. The molecule has 1 aliphatic carbocycles. The fourth-order valence-corrected chi connectivity index (χ4v) is 3.27. The normalized spacial score (nSPS) is 21.5. The molecule has 0 spiro atoms. The minimum Gasteiger partial charge on any atom is -0.379 e. The van der Waals surface area contributed by atoms with Crippen LogP contribution < -0.4 is 10.6 Å². The predicted molar refractivity (Wildman–Crippen MR) is 98.7 cm³/mol. The van der Waals surface area contributed by atoms with Gasteiger partial charge in [-0.05, 0) is 19.8 Å². The zero-order valence-corrected chi connectivity index (χ0v) is 15.4. The van der Waals surface area contributed by atoms with Crippen LogP contribution in [0, 0.1) is 0 Å². The molecule has 2 fully saturated rings. The maximum atomic E-state index is 6.02. The van der Waals surface area contributed by atoms with E-state index in [2.05, 4.69) is 27.4 Å². The van der Waals surface area contributed by atoms with Gasteiger partial charge in [-0.3, -0.25) is 9.89 Å². The average molecular weight is 341 g/mol. The van der Waals surface area contributed by atoms with Crippen molar-refractivity contribution in [2.24, 2.45) is 4.99 Å². The van der Waals surface area contributed by atoms with Crippen LogP contribution in [0.3, 0.4) is 0 Å². The van der Waals surface area contributed by atoms with E-state index in [0.717, 1.165) is 65.0 Å². The lowest BCUT2D eigenvalue weighted by atomic mass is 10.1. The molecule has 0 bridgehead atoms. The van der Waals surface area contributed by atoms with E-state index in [1.54, 1.807) is 0 Å². The number of hydrogen-bond acceptors (Lipinski definition) is 4. The van der Waals surface area contributed by atoms with Gasteiger partial charge in [-0.2, -0.15) is 0 Å². The predicted octanol–water partition coefficient (Wildman–Crippen LogP) is 1.61. The molecule has 0 amide bonds. The summed E-state index contributed by atoms with van der Waals surface area (Å²) >= 11 is 0. The van der Waals surface area contributed by atoms with Crippen LogP contribution in [-0.4, -0.2) is 76.1 Å². The first-order chi connectivity index (χ1) is 11.9. The summed E-state index contributed by atoms with van der Waals surface area (Å²) in [7, 11) is 0. The van der Waals surface area contributed by atoms with Gasteiger partial charge in [-0.25, -0.2) is 0 Å². The Balaban J connectivity index is 1.59. The Morgan fingerprint density at radius 3 is 2.58 bits per heavy atom. The third-order valence-corrected chi connectivity index (χ3v) is 4.68. The maximum absolute atomic E-state index is 6.02. The Kier molecular flexibility index (Phi) is 10.1. The molecule has 0 aromatic carbocycles. The van der Waals surface area contributed by atoms with Gasteiger partial charge in [0.25, 0.3) is 0 Å². The molecule has 6 heteroatoms. The first kappa shape index (κ1) is 19.5. The molecule has 0 aromatic rings. The minimum atomic E-state index is 0.468. The largest absolute Gasteiger partial charge is 0.379 e. The van der Waals surface area contributed by atoms with Gasteiger partial charge >= 0.3 is 0 Å². The van der Waals surface area contributed by atoms with Crippen molar-refractivity contribution in [2.75, 3.05) is 59.1 Å². The van der Waals surface area contributed by atoms with Gasteiger partial charge in [0.1, 0.15) is 0 Å². The Bertz CT molecular complexity index is 338. The number of ether oxygens (including phenoxy) is 2. The number of nitrogens with zero attached hydrogens (tertiary/aromatic N) is 2. The molecule has 2 N–H and O–H groups in total. The second-order valence-electron chi connectivity index (χ2n) is 6.63. The first-order valence-electron chi connectivity index (χ1n) is 9.82. The van der Waals surface area contributed by atoms with Crippen LogP contribution in [0.2, 0.25) is 0 Å². The molecule has 0 aromatic heterocycles. The van der Waals surface area contributed by atoms with Crippen molar-refractivity contribution in [2.45, 2.75) is 51.6 Å². The molecule has 2 aliphatic rings. The summed E-state index contributed by atoms with van der Waals surface area (Å²) in [6.45, 7) is 10.1. The lowest BCUT2D eigenvalue weighted by molar-refractivity contribution is 0.0394. The number of hydrogen-bond donors (Lipinski definition) is 2. The zero-order chi connectivity index (χ0) is 16.9. The maximum Gasteiger partial charge on any atom is 0.191 e. The Labute approximate surface area is 147 Å². The molecule has 1 saturated heterocycles. The van der Waals surface area contributed by atoms with Gasteiger partial charge in [0.05, 0.1) is 32.5 Å². The van der Waals surface area contributed by atoms with Crippen molar-refractivity contribution in [1.29, 1.82) is 0 Å². The molecule has 0 radical (unpaired) electrons. The van der Waals surface area contributed by atoms with Gasteiger partial charge in [0.15, 0.2) is 5.96 Å². The minimum absolute atomic E-state index is 0.468. The molecular formula is C18H36N4O2. The highest BCUT2D eigenvalue weighted by molar-refractivity contribution is 5.79. The molecule has 2 rings (SSSR count). The standard InChI is InChI=1S/C18H36N4O2/c1-2-19-18(20-9-11-22-12-15-23-16-13-22)21-10-14-24-17-7-5-3-4-6-8-17/h17H,2-16H2,1H3,(H2,19,20,21). The van der Waals surface area contributed by atoms with E-state index in [-0.39, 0.29) is 0 Å². The molecule has 0 unspecified atom stereocenters. The highest BCUT2D eigenvalue weighted by Gasteiger charge is 2.12. The van der Waals surface area contributed by atoms with E-state index in [1.165, 1.54) is 38.5 Å². The summed E-state index contributed by atoms with van der Waals surface area (Å²) in [4.78, 5) is 7.07. The lowest BCUT2D eigenvalue weighted by Gasteiger charge is -2.25. The van der Waals surface area contributed by atoms with Crippen LogP contribution in [0.4, 0.5) is 0 Å². The van der Waals surface area contributed by atoms with Gasteiger partial charge in [-0.15, -0.1) is 0 Å². The van der Waals surface area contributed by atoms with Gasteiger partial charge < -0.3 is 20.1 Å². The Morgan fingerprint density at radius 2 is 1.88 bits per heavy atom. The molecule has 6 nitrogen and oxygen atoms in total. The van der Waals surface area contributed by atoms with Crippen molar-refractivity contribution in [3.63, 3.8) is 0 Å². The Hall–Kier alpha value is -0.850. The van der Waals surface area contributed by atoms with Crippen molar-refractivity contribution >= 4 is 5.96 Å². The monoisotopic (exact) mass is 340 g/mol. The number of guanidine groups is 1. The summed E-state index contributed by atoms with van der Waals surface area (Å²) in [5, 5.41) is 6.69. The molecule has 1 aliphatic heterocycles. The highest BCUT2D eigenvalue weighted by Crippen LogP contribution is 2.19. The summed E-state index contributed by atoms with van der Waals surface area (Å²) in [5.41, 5.74) is 0. The molecule has 0 atom stereocenters. The second kappa shape index (κ2) is 12.5. The smallest absolute Gasteiger partial charge is 0.191 e. The number of morpholine rings is 1. The molecule has 1 saturated carbocycles.